The van der Waals surface area contributed by atoms with E-state index < -0.39 is 0 Å². The zero-order chi connectivity index (χ0) is 19.4. The summed E-state index contributed by atoms with van der Waals surface area (Å²) in [5.74, 6) is 1.65. The van der Waals surface area contributed by atoms with Crippen LogP contribution in [0.2, 0.25) is 0 Å². The third-order valence-electron chi connectivity index (χ3n) is 4.30. The lowest BCUT2D eigenvalue weighted by Crippen LogP contribution is -2.04. The fourth-order valence-corrected chi connectivity index (χ4v) is 3.21. The van der Waals surface area contributed by atoms with Gasteiger partial charge in [-0.15, -0.1) is 0 Å². The predicted octanol–water partition coefficient (Wildman–Crippen LogP) is 4.98. The fourth-order valence-electron chi connectivity index (χ4n) is 3.21. The van der Waals surface area contributed by atoms with E-state index in [4.69, 9.17) is 18.9 Å². The summed E-state index contributed by atoms with van der Waals surface area (Å²) in [6.45, 7) is 7.39. The summed E-state index contributed by atoms with van der Waals surface area (Å²) in [5, 5.41) is 3.56. The Morgan fingerprint density at radius 1 is 0.778 bits per heavy atom. The van der Waals surface area contributed by atoms with Gasteiger partial charge in [0, 0.05) is 5.39 Å². The highest BCUT2D eigenvalue weighted by molar-refractivity contribution is 6.17. The second-order valence-electron chi connectivity index (χ2n) is 5.94. The molecule has 0 saturated carbocycles. The third-order valence-corrected chi connectivity index (χ3v) is 4.30. The second kappa shape index (κ2) is 8.16. The summed E-state index contributed by atoms with van der Waals surface area (Å²) in [4.78, 5) is 12.4. The topological polar surface area (TPSA) is 54.0 Å². The van der Waals surface area contributed by atoms with Crippen LogP contribution in [0, 0.1) is 0 Å². The summed E-state index contributed by atoms with van der Waals surface area (Å²) in [6, 6.07) is 11.4. The van der Waals surface area contributed by atoms with Crippen LogP contribution in [0.1, 0.15) is 31.1 Å². The molecule has 0 bridgehead atoms. The molecule has 5 nitrogen and oxygen atoms in total. The number of hydrogen-bond acceptors (Lipinski definition) is 5. The van der Waals surface area contributed by atoms with Gasteiger partial charge in [-0.05, 0) is 67.3 Å². The van der Waals surface area contributed by atoms with E-state index in [1.165, 1.54) is 7.11 Å². The second-order valence-corrected chi connectivity index (χ2v) is 5.94. The summed E-state index contributed by atoms with van der Waals surface area (Å²) in [5.41, 5.74) is 0.494. The number of carbonyl (C=O) groups is 1. The van der Waals surface area contributed by atoms with E-state index in [1.807, 2.05) is 57.2 Å². The molecule has 0 amide bonds. The number of fused-ring (bicyclic) bond motifs is 3. The molecule has 0 heterocycles. The fraction of sp³-hybridized carbons (Fsp3) is 0.318. The van der Waals surface area contributed by atoms with Crippen LogP contribution in [-0.4, -0.2) is 32.9 Å². The van der Waals surface area contributed by atoms with Gasteiger partial charge in [0.2, 0.25) is 0 Å². The van der Waals surface area contributed by atoms with Crippen molar-refractivity contribution < 1.29 is 23.7 Å². The number of hydrogen-bond donors (Lipinski definition) is 0. The molecule has 3 aromatic rings. The van der Waals surface area contributed by atoms with E-state index in [2.05, 4.69) is 0 Å². The van der Waals surface area contributed by atoms with Crippen LogP contribution in [-0.2, 0) is 4.74 Å². The van der Waals surface area contributed by atoms with Crippen molar-refractivity contribution >= 4 is 27.5 Å². The molecule has 0 N–H and O–H groups in total. The lowest BCUT2D eigenvalue weighted by atomic mass is 9.96. The van der Waals surface area contributed by atoms with Gasteiger partial charge in [0.05, 0.1) is 32.5 Å². The Bertz CT molecular complexity index is 978. The van der Waals surface area contributed by atoms with E-state index in [0.29, 0.717) is 36.9 Å². The maximum Gasteiger partial charge on any atom is 0.338 e. The van der Waals surface area contributed by atoms with Crippen LogP contribution < -0.4 is 14.2 Å². The van der Waals surface area contributed by atoms with Gasteiger partial charge in [-0.3, -0.25) is 0 Å². The van der Waals surface area contributed by atoms with E-state index >= 15 is 0 Å². The van der Waals surface area contributed by atoms with Crippen LogP contribution in [0.4, 0.5) is 0 Å². The van der Waals surface area contributed by atoms with E-state index in [-0.39, 0.29) is 5.97 Å². The molecule has 0 saturated heterocycles. The van der Waals surface area contributed by atoms with Gasteiger partial charge in [-0.25, -0.2) is 4.79 Å². The third kappa shape index (κ3) is 3.63. The molecule has 0 radical (unpaired) electrons. The lowest BCUT2D eigenvalue weighted by molar-refractivity contribution is 0.0603. The predicted molar refractivity (Wildman–Crippen MR) is 106 cm³/mol. The van der Waals surface area contributed by atoms with Crippen molar-refractivity contribution in [1.82, 2.24) is 0 Å². The zero-order valence-electron chi connectivity index (χ0n) is 16.1. The van der Waals surface area contributed by atoms with Crippen molar-refractivity contribution in [1.29, 1.82) is 0 Å². The number of benzene rings is 3. The number of methoxy groups -OCH3 is 1. The molecule has 27 heavy (non-hydrogen) atoms. The molecule has 0 unspecified atom stereocenters. The molecule has 5 heteroatoms. The molecule has 0 aliphatic carbocycles. The molecule has 3 rings (SSSR count). The van der Waals surface area contributed by atoms with Crippen LogP contribution in [0.3, 0.4) is 0 Å². The van der Waals surface area contributed by atoms with Crippen LogP contribution in [0.25, 0.3) is 21.5 Å². The highest BCUT2D eigenvalue weighted by Gasteiger charge is 2.18. The first-order valence-electron chi connectivity index (χ1n) is 9.14. The summed E-state index contributed by atoms with van der Waals surface area (Å²) in [7, 11) is 1.38. The first-order valence-corrected chi connectivity index (χ1v) is 9.14. The van der Waals surface area contributed by atoms with E-state index in [0.717, 1.165) is 27.3 Å². The standard InChI is InChI=1S/C22H24O5/c1-5-25-15-9-8-14-10-19(22(23)24-4)18-13-21(27-7-3)20(26-6-2)12-17(18)16(14)11-15/h8-13H,5-7H2,1-4H3. The van der Waals surface area contributed by atoms with Gasteiger partial charge in [-0.1, -0.05) is 6.07 Å². The van der Waals surface area contributed by atoms with Crippen molar-refractivity contribution in [3.05, 3.63) is 42.0 Å². The molecule has 3 aromatic carbocycles. The number of rotatable bonds is 7. The number of carbonyl (C=O) groups excluding carboxylic acids is 1. The molecule has 0 aliphatic heterocycles. The molecule has 0 aromatic heterocycles. The minimum atomic E-state index is -0.387. The first kappa shape index (κ1) is 18.8. The summed E-state index contributed by atoms with van der Waals surface area (Å²) >= 11 is 0. The largest absolute Gasteiger partial charge is 0.494 e. The maximum atomic E-state index is 12.4. The highest BCUT2D eigenvalue weighted by atomic mass is 16.5. The van der Waals surface area contributed by atoms with Gasteiger partial charge in [-0.2, -0.15) is 0 Å². The van der Waals surface area contributed by atoms with Crippen LogP contribution >= 0.6 is 0 Å². The molecule has 0 atom stereocenters. The number of esters is 1. The summed E-state index contributed by atoms with van der Waals surface area (Å²) in [6.07, 6.45) is 0. The first-order chi connectivity index (χ1) is 13.1. The Morgan fingerprint density at radius 2 is 1.41 bits per heavy atom. The van der Waals surface area contributed by atoms with Crippen molar-refractivity contribution in [3.8, 4) is 17.2 Å². The molecular formula is C22H24O5. The molecule has 142 valence electrons. The van der Waals surface area contributed by atoms with Gasteiger partial charge >= 0.3 is 5.97 Å². The van der Waals surface area contributed by atoms with Crippen molar-refractivity contribution in [2.24, 2.45) is 0 Å². The molecule has 0 spiro atoms. The highest BCUT2D eigenvalue weighted by Crippen LogP contribution is 2.39. The normalized spacial score (nSPS) is 10.8. The average Bonchev–Trinajstić information content (AvgIpc) is 2.68. The minimum absolute atomic E-state index is 0.387. The Balaban J connectivity index is 2.38. The molecule has 0 aliphatic rings. The summed E-state index contributed by atoms with van der Waals surface area (Å²) < 4.78 is 22.2. The number of ether oxygens (including phenoxy) is 4. The van der Waals surface area contributed by atoms with Gasteiger partial charge in [0.15, 0.2) is 11.5 Å². The lowest BCUT2D eigenvalue weighted by Gasteiger charge is -2.16. The van der Waals surface area contributed by atoms with E-state index in [9.17, 15) is 4.79 Å². The Hall–Kier alpha value is -2.95. The van der Waals surface area contributed by atoms with Crippen LogP contribution in [0.15, 0.2) is 36.4 Å². The quantitative estimate of drug-likeness (QED) is 0.435. The van der Waals surface area contributed by atoms with Gasteiger partial charge in [0.1, 0.15) is 5.75 Å². The molecule has 0 fully saturated rings. The van der Waals surface area contributed by atoms with Crippen molar-refractivity contribution in [2.75, 3.05) is 26.9 Å². The van der Waals surface area contributed by atoms with E-state index in [1.54, 1.807) is 0 Å². The van der Waals surface area contributed by atoms with Crippen molar-refractivity contribution in [3.63, 3.8) is 0 Å². The van der Waals surface area contributed by atoms with Gasteiger partial charge in [0.25, 0.3) is 0 Å². The Labute approximate surface area is 158 Å². The zero-order valence-corrected chi connectivity index (χ0v) is 16.1. The molecular weight excluding hydrogens is 344 g/mol. The maximum absolute atomic E-state index is 12.4. The minimum Gasteiger partial charge on any atom is -0.494 e. The SMILES string of the molecule is CCOc1ccc2cc(C(=O)OC)c3cc(OCC)c(OCC)cc3c2c1. The Morgan fingerprint density at radius 3 is 2.00 bits per heavy atom. The smallest absolute Gasteiger partial charge is 0.338 e. The monoisotopic (exact) mass is 368 g/mol. The van der Waals surface area contributed by atoms with Gasteiger partial charge < -0.3 is 18.9 Å². The Kier molecular flexibility index (Phi) is 5.69. The average molecular weight is 368 g/mol. The van der Waals surface area contributed by atoms with Crippen molar-refractivity contribution in [2.45, 2.75) is 20.8 Å². The van der Waals surface area contributed by atoms with Crippen LogP contribution in [0.5, 0.6) is 17.2 Å².